The van der Waals surface area contributed by atoms with Crippen molar-refractivity contribution < 1.29 is 26.4 Å². The van der Waals surface area contributed by atoms with Crippen molar-refractivity contribution in [3.63, 3.8) is 0 Å². The second-order valence-corrected chi connectivity index (χ2v) is 17.8. The second kappa shape index (κ2) is 15.6. The van der Waals surface area contributed by atoms with Crippen molar-refractivity contribution >= 4 is 100 Å². The summed E-state index contributed by atoms with van der Waals surface area (Å²) < 4.78 is 51.7. The molecule has 0 radical (unpaired) electrons. The number of rotatable bonds is 11. The van der Waals surface area contributed by atoms with E-state index in [0.717, 1.165) is 22.3 Å². The van der Waals surface area contributed by atoms with Gasteiger partial charge in [-0.3, -0.25) is 20.4 Å². The fourth-order valence-corrected chi connectivity index (χ4v) is 9.32. The molecule has 2 amide bonds. The van der Waals surface area contributed by atoms with Gasteiger partial charge in [-0.25, -0.2) is 16.8 Å². The molecule has 0 aliphatic heterocycles. The van der Waals surface area contributed by atoms with Gasteiger partial charge >= 0.3 is 0 Å². The number of sulfonamides is 2. The van der Waals surface area contributed by atoms with Crippen molar-refractivity contribution in [2.45, 2.75) is 22.6 Å². The van der Waals surface area contributed by atoms with Gasteiger partial charge in [-0.1, -0.05) is 76.2 Å². The minimum Gasteiger partial charge on any atom is -0.361 e. The molecule has 0 fully saturated rings. The Morgan fingerprint density at radius 3 is 1.34 bits per heavy atom. The summed E-state index contributed by atoms with van der Waals surface area (Å²) >= 11 is 23.9. The van der Waals surface area contributed by atoms with E-state index in [-0.39, 0.29) is 41.0 Å². The number of H-pyrrole nitrogens is 2. The smallest absolute Gasteiger partial charge is 0.266 e. The van der Waals surface area contributed by atoms with Crippen LogP contribution in [0.2, 0.25) is 20.1 Å². The summed E-state index contributed by atoms with van der Waals surface area (Å²) in [5, 5.41) is 1.77. The highest BCUT2D eigenvalue weighted by Crippen LogP contribution is 2.40. The van der Waals surface area contributed by atoms with Gasteiger partial charge in [0, 0.05) is 71.3 Å². The van der Waals surface area contributed by atoms with Crippen LogP contribution in [0.4, 0.5) is 0 Å². The van der Waals surface area contributed by atoms with E-state index in [1.807, 2.05) is 43.6 Å². The van der Waals surface area contributed by atoms with Gasteiger partial charge in [0.05, 0.1) is 9.79 Å². The number of carbonyl (C=O) groups is 2. The fourth-order valence-electron chi connectivity index (χ4n) is 6.19. The first-order valence-electron chi connectivity index (χ1n) is 16.4. The largest absolute Gasteiger partial charge is 0.361 e. The van der Waals surface area contributed by atoms with Crippen LogP contribution in [0.5, 0.6) is 0 Å². The van der Waals surface area contributed by atoms with Crippen LogP contribution in [-0.4, -0.2) is 38.6 Å². The maximum Gasteiger partial charge on any atom is 0.266 e. The van der Waals surface area contributed by atoms with Gasteiger partial charge in [0.15, 0.2) is 0 Å². The minimum atomic E-state index is -4.22. The summed E-state index contributed by atoms with van der Waals surface area (Å²) in [4.78, 5) is 36.9. The monoisotopic (exact) mass is 868 g/mol. The lowest BCUT2D eigenvalue weighted by Gasteiger charge is -2.18. The number of hydrazine groups is 2. The fraction of sp³-hybridized carbons (Fsp3) is 0.0526. The molecule has 0 spiro atoms. The van der Waals surface area contributed by atoms with Crippen LogP contribution in [0.1, 0.15) is 48.9 Å². The van der Waals surface area contributed by atoms with E-state index >= 15 is 0 Å². The Morgan fingerprint density at radius 1 is 0.554 bits per heavy atom. The molecule has 7 rings (SSSR count). The second-order valence-electron chi connectivity index (χ2n) is 12.7. The van der Waals surface area contributed by atoms with Crippen molar-refractivity contribution in [3.8, 4) is 0 Å². The summed E-state index contributed by atoms with van der Waals surface area (Å²) in [6.45, 7) is 1.97. The Hall–Kier alpha value is -4.90. The standard InChI is InChI=1S/C38H28Cl4N6O6S2/c1-20-2-4-21(5-3-20)36(32-18-43-34-8-6-22(10-30(32)34)37(49)45-47-55(51,52)28-14-24(39)12-25(40)15-28)33-19-44-35-9-7-23(11-31(33)35)38(50)46-48-56(53,54)29-16-26(41)13-27(42)17-29/h2-19,36,43-44,47-48H,1H3,(H,45,49)(H,46,50). The quantitative estimate of drug-likeness (QED) is 0.0717. The molecule has 0 saturated heterocycles. The first kappa shape index (κ1) is 39.3. The lowest BCUT2D eigenvalue weighted by atomic mass is 9.84. The number of hydrogen-bond acceptors (Lipinski definition) is 6. The summed E-state index contributed by atoms with van der Waals surface area (Å²) in [6, 6.07) is 25.3. The van der Waals surface area contributed by atoms with Crippen LogP contribution in [0.25, 0.3) is 21.8 Å². The summed E-state index contributed by atoms with van der Waals surface area (Å²) in [6.07, 6.45) is 3.66. The van der Waals surface area contributed by atoms with Gasteiger partial charge in [0.2, 0.25) is 0 Å². The lowest BCUT2D eigenvalue weighted by molar-refractivity contribution is 0.0937. The zero-order valence-electron chi connectivity index (χ0n) is 28.7. The van der Waals surface area contributed by atoms with E-state index in [4.69, 9.17) is 46.4 Å². The van der Waals surface area contributed by atoms with E-state index in [1.54, 1.807) is 36.4 Å². The molecule has 2 aromatic heterocycles. The zero-order valence-corrected chi connectivity index (χ0v) is 33.4. The number of nitrogens with one attached hydrogen (secondary N) is 6. The molecular weight excluding hydrogens is 842 g/mol. The molecule has 0 aliphatic carbocycles. The highest BCUT2D eigenvalue weighted by Gasteiger charge is 2.26. The third-order valence-corrected chi connectivity index (χ3v) is 12.2. The van der Waals surface area contributed by atoms with Gasteiger partial charge in [-0.2, -0.15) is 0 Å². The average Bonchev–Trinajstić information content (AvgIpc) is 3.77. The molecular formula is C38H28Cl4N6O6S2. The average molecular weight is 871 g/mol. The topological polar surface area (TPSA) is 182 Å². The zero-order chi connectivity index (χ0) is 39.9. The normalized spacial score (nSPS) is 12.0. The van der Waals surface area contributed by atoms with Crippen molar-refractivity contribution in [3.05, 3.63) is 163 Å². The van der Waals surface area contributed by atoms with Crippen molar-refractivity contribution in [2.24, 2.45) is 0 Å². The Bertz CT molecular complexity index is 2700. The molecule has 56 heavy (non-hydrogen) atoms. The molecule has 286 valence electrons. The molecule has 12 nitrogen and oxygen atoms in total. The number of aromatic nitrogens is 2. The van der Waals surface area contributed by atoms with Crippen molar-refractivity contribution in [1.82, 2.24) is 30.5 Å². The van der Waals surface area contributed by atoms with Crippen LogP contribution >= 0.6 is 46.4 Å². The molecule has 0 unspecified atom stereocenters. The van der Waals surface area contributed by atoms with Gasteiger partial charge in [-0.05, 0) is 96.4 Å². The molecule has 0 saturated carbocycles. The van der Waals surface area contributed by atoms with E-state index in [2.05, 4.69) is 30.5 Å². The number of aryl methyl sites for hydroxylation is 1. The molecule has 2 heterocycles. The third-order valence-electron chi connectivity index (χ3n) is 8.88. The molecule has 6 N–H and O–H groups in total. The Labute approximate surface area is 340 Å². The van der Waals surface area contributed by atoms with Crippen LogP contribution in [0.3, 0.4) is 0 Å². The summed E-state index contributed by atoms with van der Waals surface area (Å²) in [7, 11) is -8.44. The first-order chi connectivity index (χ1) is 26.6. The number of aromatic amines is 2. The van der Waals surface area contributed by atoms with Crippen LogP contribution in [0.15, 0.2) is 119 Å². The van der Waals surface area contributed by atoms with E-state index in [9.17, 15) is 26.4 Å². The third kappa shape index (κ3) is 8.28. The number of carbonyl (C=O) groups excluding carboxylic acids is 2. The van der Waals surface area contributed by atoms with E-state index in [1.165, 1.54) is 36.4 Å². The Morgan fingerprint density at radius 2 is 0.946 bits per heavy atom. The first-order valence-corrected chi connectivity index (χ1v) is 20.9. The van der Waals surface area contributed by atoms with Crippen molar-refractivity contribution in [2.75, 3.05) is 0 Å². The van der Waals surface area contributed by atoms with Crippen LogP contribution in [-0.2, 0) is 20.0 Å². The van der Waals surface area contributed by atoms with Gasteiger partial charge < -0.3 is 9.97 Å². The molecule has 5 aromatic carbocycles. The number of hydrogen-bond donors (Lipinski definition) is 6. The maximum absolute atomic E-state index is 13.3. The summed E-state index contributed by atoms with van der Waals surface area (Å²) in [5.74, 6) is -1.90. The predicted molar refractivity (Wildman–Crippen MR) is 217 cm³/mol. The number of benzene rings is 5. The highest BCUT2D eigenvalue weighted by atomic mass is 35.5. The van der Waals surface area contributed by atoms with E-state index < -0.39 is 37.8 Å². The molecule has 7 aromatic rings. The summed E-state index contributed by atoms with van der Waals surface area (Å²) in [5.41, 5.74) is 9.71. The van der Waals surface area contributed by atoms with Crippen LogP contribution in [0, 0.1) is 6.92 Å². The number of fused-ring (bicyclic) bond motifs is 2. The van der Waals surface area contributed by atoms with E-state index in [0.29, 0.717) is 21.8 Å². The van der Waals surface area contributed by atoms with Gasteiger partial charge in [-0.15, -0.1) is 9.66 Å². The van der Waals surface area contributed by atoms with Gasteiger partial charge in [0.25, 0.3) is 31.9 Å². The van der Waals surface area contributed by atoms with Crippen molar-refractivity contribution in [1.29, 1.82) is 0 Å². The molecule has 18 heteroatoms. The Balaban J connectivity index is 1.21. The SMILES string of the molecule is Cc1ccc(C(c2c[nH]c3ccc(C(=O)NNS(=O)(=O)c4cc(Cl)cc(Cl)c4)cc23)c2c[nH]c3ccc(C(=O)NNS(=O)(=O)c4cc(Cl)cc(Cl)c4)cc23)cc1. The molecule has 0 bridgehead atoms. The van der Waals surface area contributed by atoms with Gasteiger partial charge in [0.1, 0.15) is 0 Å². The molecule has 0 atom stereocenters. The molecule has 0 aliphatic rings. The predicted octanol–water partition coefficient (Wildman–Crippen LogP) is 8.00. The minimum absolute atomic E-state index is 0.107. The highest BCUT2D eigenvalue weighted by molar-refractivity contribution is 7.89. The number of halogens is 4. The van der Waals surface area contributed by atoms with Crippen LogP contribution < -0.4 is 20.5 Å². The number of amides is 2. The maximum atomic E-state index is 13.3. The Kier molecular flexibility index (Phi) is 10.9. The lowest BCUT2D eigenvalue weighted by Crippen LogP contribution is -2.41.